The summed E-state index contributed by atoms with van der Waals surface area (Å²) in [6, 6.07) is 0. The van der Waals surface area contributed by atoms with E-state index in [9.17, 15) is 0 Å². The van der Waals surface area contributed by atoms with Crippen LogP contribution in [-0.4, -0.2) is 39.2 Å². The van der Waals surface area contributed by atoms with Crippen LogP contribution in [-0.2, 0) is 17.6 Å². The van der Waals surface area contributed by atoms with Crippen molar-refractivity contribution in [1.82, 2.24) is 19.9 Å². The van der Waals surface area contributed by atoms with Crippen molar-refractivity contribution in [2.75, 3.05) is 19.0 Å². The van der Waals surface area contributed by atoms with E-state index in [-0.39, 0.29) is 5.60 Å². The molecule has 3 aromatic rings. The first-order valence-corrected chi connectivity index (χ1v) is 10.5. The molecule has 6 nitrogen and oxygen atoms in total. The number of hydrogen-bond donors (Lipinski definition) is 1. The number of nitrogens with zero attached hydrogens (tertiary/aromatic N) is 4. The first kappa shape index (κ1) is 17.0. The fourth-order valence-corrected chi connectivity index (χ4v) is 5.34. The van der Waals surface area contributed by atoms with E-state index in [1.54, 1.807) is 18.6 Å². The van der Waals surface area contributed by atoms with Crippen LogP contribution in [0, 0.1) is 0 Å². The second-order valence-electron chi connectivity index (χ2n) is 7.47. The normalized spacial score (nSPS) is 18.1. The fourth-order valence-electron chi connectivity index (χ4n) is 4.08. The van der Waals surface area contributed by atoms with Crippen molar-refractivity contribution < 1.29 is 4.74 Å². The Bertz CT molecular complexity index is 962. The van der Waals surface area contributed by atoms with Crippen LogP contribution in [0.4, 0.5) is 5.82 Å². The molecule has 0 amide bonds. The van der Waals surface area contributed by atoms with Crippen molar-refractivity contribution in [3.63, 3.8) is 0 Å². The number of ether oxygens (including phenoxy) is 1. The molecule has 0 atom stereocenters. The zero-order chi connectivity index (χ0) is 18.3. The Kier molecular flexibility index (Phi) is 4.28. The lowest BCUT2D eigenvalue weighted by atomic mass is 9.80. The summed E-state index contributed by atoms with van der Waals surface area (Å²) in [6.07, 6.45) is 13.3. The summed E-state index contributed by atoms with van der Waals surface area (Å²) in [5.41, 5.74) is 2.09. The molecule has 0 unspecified atom stereocenters. The Morgan fingerprint density at radius 1 is 1.15 bits per heavy atom. The van der Waals surface area contributed by atoms with Crippen molar-refractivity contribution in [2.45, 2.75) is 50.5 Å². The predicted molar refractivity (Wildman–Crippen MR) is 107 cm³/mol. The highest BCUT2D eigenvalue weighted by molar-refractivity contribution is 7.19. The van der Waals surface area contributed by atoms with Gasteiger partial charge in [-0.1, -0.05) is 0 Å². The highest BCUT2D eigenvalue weighted by Gasteiger charge is 2.37. The lowest BCUT2D eigenvalue weighted by molar-refractivity contribution is -0.0601. The summed E-state index contributed by atoms with van der Waals surface area (Å²) in [5.74, 6) is 1.56. The molecule has 2 aliphatic carbocycles. The van der Waals surface area contributed by atoms with Crippen LogP contribution in [0.2, 0.25) is 0 Å². The number of hydrogen-bond acceptors (Lipinski definition) is 7. The van der Waals surface area contributed by atoms with E-state index in [0.29, 0.717) is 11.5 Å². The molecular formula is C20H23N5OS. The van der Waals surface area contributed by atoms with Crippen molar-refractivity contribution in [1.29, 1.82) is 0 Å². The molecule has 0 aliphatic heterocycles. The molecule has 27 heavy (non-hydrogen) atoms. The minimum atomic E-state index is -0.0555. The van der Waals surface area contributed by atoms with Crippen LogP contribution < -0.4 is 5.32 Å². The van der Waals surface area contributed by atoms with Crippen molar-refractivity contribution in [3.05, 3.63) is 29.0 Å². The van der Waals surface area contributed by atoms with E-state index < -0.39 is 0 Å². The molecule has 0 spiro atoms. The Labute approximate surface area is 162 Å². The fraction of sp³-hybridized carbons (Fsp3) is 0.500. The average Bonchev–Trinajstić information content (AvgIpc) is 3.06. The monoisotopic (exact) mass is 381 g/mol. The lowest BCUT2D eigenvalue weighted by Crippen LogP contribution is -2.45. The number of aromatic nitrogens is 4. The van der Waals surface area contributed by atoms with Gasteiger partial charge in [0.05, 0.1) is 17.2 Å². The van der Waals surface area contributed by atoms with Gasteiger partial charge in [0.15, 0.2) is 5.82 Å². The molecular weight excluding hydrogens is 358 g/mol. The van der Waals surface area contributed by atoms with E-state index in [0.717, 1.165) is 42.9 Å². The lowest BCUT2D eigenvalue weighted by Gasteiger charge is -2.40. The van der Waals surface area contributed by atoms with E-state index in [2.05, 4.69) is 15.3 Å². The summed E-state index contributed by atoms with van der Waals surface area (Å²) in [4.78, 5) is 20.8. The standard InChI is InChI=1S/C20H23N5OS/c1-26-20(7-4-8-20)12-23-18-16-13-5-2-3-6-15(13)27-19(16)25-17(24-18)14-11-21-9-10-22-14/h9-11H,2-8,12H2,1H3,(H,23,24,25). The van der Waals surface area contributed by atoms with Crippen LogP contribution in [0.5, 0.6) is 0 Å². The molecule has 5 rings (SSSR count). The van der Waals surface area contributed by atoms with E-state index in [4.69, 9.17) is 14.7 Å². The molecule has 3 heterocycles. The Hall–Kier alpha value is -2.12. The van der Waals surface area contributed by atoms with Crippen molar-refractivity contribution in [2.24, 2.45) is 0 Å². The van der Waals surface area contributed by atoms with Crippen LogP contribution in [0.25, 0.3) is 21.7 Å². The van der Waals surface area contributed by atoms with E-state index in [1.165, 1.54) is 35.1 Å². The summed E-state index contributed by atoms with van der Waals surface area (Å²) in [6.45, 7) is 0.778. The van der Waals surface area contributed by atoms with Gasteiger partial charge in [-0.05, 0) is 50.5 Å². The summed E-state index contributed by atoms with van der Waals surface area (Å²) < 4.78 is 5.79. The number of rotatable bonds is 5. The zero-order valence-electron chi connectivity index (χ0n) is 15.5. The van der Waals surface area contributed by atoms with Gasteiger partial charge in [0.25, 0.3) is 0 Å². The number of anilines is 1. The second kappa shape index (κ2) is 6.80. The molecule has 1 saturated carbocycles. The molecule has 0 saturated heterocycles. The third-order valence-electron chi connectivity index (χ3n) is 5.88. The Morgan fingerprint density at radius 2 is 2.04 bits per heavy atom. The minimum absolute atomic E-state index is 0.0555. The van der Waals surface area contributed by atoms with Crippen molar-refractivity contribution in [3.8, 4) is 11.5 Å². The number of aryl methyl sites for hydroxylation is 2. The average molecular weight is 382 g/mol. The maximum atomic E-state index is 5.79. The number of fused-ring (bicyclic) bond motifs is 3. The second-order valence-corrected chi connectivity index (χ2v) is 8.56. The smallest absolute Gasteiger partial charge is 0.183 e. The number of thiophene rings is 1. The molecule has 0 bridgehead atoms. The van der Waals surface area contributed by atoms with Crippen LogP contribution in [0.3, 0.4) is 0 Å². The first-order chi connectivity index (χ1) is 13.3. The van der Waals surface area contributed by atoms with Crippen LogP contribution >= 0.6 is 11.3 Å². The van der Waals surface area contributed by atoms with Gasteiger partial charge in [-0.25, -0.2) is 15.0 Å². The van der Waals surface area contributed by atoms with E-state index in [1.807, 2.05) is 18.4 Å². The molecule has 0 aromatic carbocycles. The third kappa shape index (κ3) is 2.99. The third-order valence-corrected chi connectivity index (χ3v) is 7.07. The molecule has 0 radical (unpaired) electrons. The SMILES string of the molecule is COC1(CNc2nc(-c3cnccn3)nc3sc4c(c23)CCCC4)CCC1. The van der Waals surface area contributed by atoms with Gasteiger partial charge in [0.2, 0.25) is 0 Å². The van der Waals surface area contributed by atoms with Crippen LogP contribution in [0.1, 0.15) is 42.5 Å². The highest BCUT2D eigenvalue weighted by Crippen LogP contribution is 2.40. The molecule has 1 fully saturated rings. The Morgan fingerprint density at radius 3 is 2.78 bits per heavy atom. The quantitative estimate of drug-likeness (QED) is 0.720. The van der Waals surface area contributed by atoms with E-state index >= 15 is 0 Å². The Balaban J connectivity index is 1.60. The molecule has 1 N–H and O–H groups in total. The van der Waals surface area contributed by atoms with Crippen molar-refractivity contribution >= 4 is 27.4 Å². The molecule has 140 valence electrons. The molecule has 3 aromatic heterocycles. The largest absolute Gasteiger partial charge is 0.376 e. The number of nitrogens with one attached hydrogen (secondary N) is 1. The summed E-state index contributed by atoms with van der Waals surface area (Å²) >= 11 is 1.81. The van der Waals surface area contributed by atoms with Crippen LogP contribution in [0.15, 0.2) is 18.6 Å². The van der Waals surface area contributed by atoms with Gasteiger partial charge < -0.3 is 10.1 Å². The topological polar surface area (TPSA) is 72.8 Å². The maximum absolute atomic E-state index is 5.79. The van der Waals surface area contributed by atoms with Gasteiger partial charge in [-0.15, -0.1) is 11.3 Å². The van der Waals surface area contributed by atoms with Gasteiger partial charge in [-0.2, -0.15) is 0 Å². The van der Waals surface area contributed by atoms with Gasteiger partial charge in [0.1, 0.15) is 16.3 Å². The van der Waals surface area contributed by atoms with Gasteiger partial charge in [-0.3, -0.25) is 4.98 Å². The maximum Gasteiger partial charge on any atom is 0.183 e. The predicted octanol–water partition coefficient (Wildman–Crippen LogP) is 4.01. The molecule has 2 aliphatic rings. The highest BCUT2D eigenvalue weighted by atomic mass is 32.1. The summed E-state index contributed by atoms with van der Waals surface area (Å²) in [5, 5.41) is 4.81. The van der Waals surface area contributed by atoms with Gasteiger partial charge in [0, 0.05) is 30.9 Å². The molecule has 7 heteroatoms. The first-order valence-electron chi connectivity index (χ1n) is 9.66. The summed E-state index contributed by atoms with van der Waals surface area (Å²) in [7, 11) is 1.81. The minimum Gasteiger partial charge on any atom is -0.376 e. The number of methoxy groups -OCH3 is 1. The van der Waals surface area contributed by atoms with Gasteiger partial charge >= 0.3 is 0 Å². The zero-order valence-corrected chi connectivity index (χ0v) is 16.3.